The quantitative estimate of drug-likeness (QED) is 0.820. The second-order valence-electron chi connectivity index (χ2n) is 6.41. The maximum Gasteiger partial charge on any atom is 0.253 e. The van der Waals surface area contributed by atoms with E-state index in [4.69, 9.17) is 0 Å². The minimum Gasteiger partial charge on any atom is -0.350 e. The molecule has 2 N–H and O–H groups in total. The molecule has 1 aliphatic carbocycles. The van der Waals surface area contributed by atoms with Gasteiger partial charge in [0.1, 0.15) is 0 Å². The molecule has 5 nitrogen and oxygen atoms in total. The summed E-state index contributed by atoms with van der Waals surface area (Å²) in [5.74, 6) is -0.321. The molecule has 0 radical (unpaired) electrons. The van der Waals surface area contributed by atoms with E-state index in [0.717, 1.165) is 19.3 Å². The lowest BCUT2D eigenvalue weighted by atomic mass is 10.1. The first-order chi connectivity index (χ1) is 11.1. The maximum atomic E-state index is 12.4. The van der Waals surface area contributed by atoms with E-state index in [9.17, 15) is 9.59 Å². The Bertz CT molecular complexity index is 537. The Labute approximate surface area is 138 Å². The zero-order valence-corrected chi connectivity index (χ0v) is 14.1. The molecule has 1 saturated carbocycles. The molecule has 1 aromatic heterocycles. The molecule has 1 aromatic rings. The zero-order valence-electron chi connectivity index (χ0n) is 14.1. The summed E-state index contributed by atoms with van der Waals surface area (Å²) in [7, 11) is 0. The number of pyridine rings is 1. The number of hydrogen-bond acceptors (Lipinski definition) is 3. The average molecular weight is 317 g/mol. The van der Waals surface area contributed by atoms with Crippen LogP contribution in [0.1, 0.15) is 79.5 Å². The SMILES string of the molecule is CCC(C)NC(=O)c1cncc(C(=O)NC2CCCCCC2)c1. The molecule has 1 heterocycles. The highest BCUT2D eigenvalue weighted by molar-refractivity contribution is 5.99. The van der Waals surface area contributed by atoms with Crippen LogP contribution >= 0.6 is 0 Å². The van der Waals surface area contributed by atoms with Gasteiger partial charge < -0.3 is 10.6 Å². The Morgan fingerprint density at radius 3 is 2.35 bits per heavy atom. The standard InChI is InChI=1S/C18H27N3O2/c1-3-13(2)20-17(22)14-10-15(12-19-11-14)18(23)21-16-8-6-4-5-7-9-16/h10-13,16H,3-9H2,1-2H3,(H,20,22)(H,21,23). The van der Waals surface area contributed by atoms with Crippen LogP contribution in [0, 0.1) is 0 Å². The Morgan fingerprint density at radius 1 is 1.13 bits per heavy atom. The van der Waals surface area contributed by atoms with Crippen molar-refractivity contribution in [2.75, 3.05) is 0 Å². The largest absolute Gasteiger partial charge is 0.350 e. The maximum absolute atomic E-state index is 12.4. The van der Waals surface area contributed by atoms with Crippen LogP contribution in [-0.4, -0.2) is 28.9 Å². The summed E-state index contributed by atoms with van der Waals surface area (Å²) >= 11 is 0. The molecule has 0 aromatic carbocycles. The predicted octanol–water partition coefficient (Wildman–Crippen LogP) is 3.06. The van der Waals surface area contributed by atoms with Crippen molar-refractivity contribution in [2.24, 2.45) is 0 Å². The van der Waals surface area contributed by atoms with Gasteiger partial charge >= 0.3 is 0 Å². The Balaban J connectivity index is 2.00. The minimum atomic E-state index is -0.184. The molecule has 1 fully saturated rings. The monoisotopic (exact) mass is 317 g/mol. The first-order valence-electron chi connectivity index (χ1n) is 8.67. The fourth-order valence-electron chi connectivity index (χ4n) is 2.79. The second kappa shape index (κ2) is 8.65. The van der Waals surface area contributed by atoms with Crippen LogP contribution in [-0.2, 0) is 0 Å². The number of rotatable bonds is 5. The van der Waals surface area contributed by atoms with Crippen molar-refractivity contribution in [3.63, 3.8) is 0 Å². The van der Waals surface area contributed by atoms with Gasteiger partial charge in [-0.1, -0.05) is 32.6 Å². The molecular weight excluding hydrogens is 290 g/mol. The summed E-state index contributed by atoms with van der Waals surface area (Å²) in [4.78, 5) is 28.6. The molecule has 0 aliphatic heterocycles. The third-order valence-electron chi connectivity index (χ3n) is 4.44. The highest BCUT2D eigenvalue weighted by Gasteiger charge is 2.17. The summed E-state index contributed by atoms with van der Waals surface area (Å²) < 4.78 is 0. The van der Waals surface area contributed by atoms with Crippen molar-refractivity contribution in [3.05, 3.63) is 29.6 Å². The fourth-order valence-corrected chi connectivity index (χ4v) is 2.79. The van der Waals surface area contributed by atoms with Gasteiger partial charge in [0.05, 0.1) is 11.1 Å². The molecule has 0 bridgehead atoms. The van der Waals surface area contributed by atoms with Gasteiger partial charge in [-0.2, -0.15) is 0 Å². The van der Waals surface area contributed by atoms with Gasteiger partial charge in [-0.3, -0.25) is 14.6 Å². The van der Waals surface area contributed by atoms with E-state index in [-0.39, 0.29) is 23.9 Å². The van der Waals surface area contributed by atoms with Crippen LogP contribution < -0.4 is 10.6 Å². The molecule has 5 heteroatoms. The highest BCUT2D eigenvalue weighted by atomic mass is 16.2. The predicted molar refractivity (Wildman–Crippen MR) is 90.4 cm³/mol. The van der Waals surface area contributed by atoms with Gasteiger partial charge in [-0.05, 0) is 32.3 Å². The van der Waals surface area contributed by atoms with Crippen LogP contribution in [0.25, 0.3) is 0 Å². The molecule has 1 atom stereocenters. The summed E-state index contributed by atoms with van der Waals surface area (Å²) in [6, 6.07) is 1.96. The molecule has 2 amide bonds. The first kappa shape index (κ1) is 17.4. The van der Waals surface area contributed by atoms with Gasteiger partial charge in [-0.15, -0.1) is 0 Å². The molecule has 0 spiro atoms. The third kappa shape index (κ3) is 5.34. The lowest BCUT2D eigenvalue weighted by Gasteiger charge is -2.16. The first-order valence-corrected chi connectivity index (χ1v) is 8.67. The average Bonchev–Trinajstić information content (AvgIpc) is 2.83. The lowest BCUT2D eigenvalue weighted by molar-refractivity contribution is 0.0933. The smallest absolute Gasteiger partial charge is 0.253 e. The molecule has 0 saturated heterocycles. The normalized spacial score (nSPS) is 17.1. The van der Waals surface area contributed by atoms with Gasteiger partial charge in [-0.25, -0.2) is 0 Å². The third-order valence-corrected chi connectivity index (χ3v) is 4.44. The van der Waals surface area contributed by atoms with Crippen LogP contribution in [0.4, 0.5) is 0 Å². The van der Waals surface area contributed by atoms with E-state index in [2.05, 4.69) is 15.6 Å². The minimum absolute atomic E-state index is 0.103. The Kier molecular flexibility index (Phi) is 6.56. The van der Waals surface area contributed by atoms with E-state index in [1.165, 1.54) is 38.1 Å². The summed E-state index contributed by atoms with van der Waals surface area (Å²) in [5.41, 5.74) is 0.880. The second-order valence-corrected chi connectivity index (χ2v) is 6.41. The van der Waals surface area contributed by atoms with E-state index in [1.807, 2.05) is 13.8 Å². The van der Waals surface area contributed by atoms with Crippen molar-refractivity contribution < 1.29 is 9.59 Å². The van der Waals surface area contributed by atoms with E-state index in [0.29, 0.717) is 11.1 Å². The van der Waals surface area contributed by atoms with Gasteiger partial charge in [0.2, 0.25) is 0 Å². The summed E-state index contributed by atoms with van der Waals surface area (Å²) in [6.07, 6.45) is 10.8. The number of amides is 2. The van der Waals surface area contributed by atoms with Gasteiger partial charge in [0, 0.05) is 24.5 Å². The molecule has 23 heavy (non-hydrogen) atoms. The zero-order chi connectivity index (χ0) is 16.7. The van der Waals surface area contributed by atoms with Gasteiger partial charge in [0.15, 0.2) is 0 Å². The van der Waals surface area contributed by atoms with Crippen LogP contribution in [0.2, 0.25) is 0 Å². The highest BCUT2D eigenvalue weighted by Crippen LogP contribution is 2.17. The Hall–Kier alpha value is -1.91. The van der Waals surface area contributed by atoms with E-state index < -0.39 is 0 Å². The van der Waals surface area contributed by atoms with Crippen LogP contribution in [0.15, 0.2) is 18.5 Å². The molecule has 126 valence electrons. The number of carbonyl (C=O) groups excluding carboxylic acids is 2. The molecular formula is C18H27N3O2. The summed E-state index contributed by atoms with van der Waals surface area (Å²) in [6.45, 7) is 3.97. The van der Waals surface area contributed by atoms with Crippen molar-refractivity contribution in [3.8, 4) is 0 Å². The van der Waals surface area contributed by atoms with Crippen LogP contribution in [0.3, 0.4) is 0 Å². The Morgan fingerprint density at radius 2 is 1.74 bits per heavy atom. The molecule has 1 aliphatic rings. The molecule has 2 rings (SSSR count). The number of hydrogen-bond donors (Lipinski definition) is 2. The number of carbonyl (C=O) groups is 2. The number of nitrogens with zero attached hydrogens (tertiary/aromatic N) is 1. The van der Waals surface area contributed by atoms with E-state index >= 15 is 0 Å². The summed E-state index contributed by atoms with van der Waals surface area (Å²) in [5, 5.41) is 5.97. The van der Waals surface area contributed by atoms with Gasteiger partial charge in [0.25, 0.3) is 11.8 Å². The van der Waals surface area contributed by atoms with Crippen molar-refractivity contribution in [1.29, 1.82) is 0 Å². The topological polar surface area (TPSA) is 71.1 Å². The van der Waals surface area contributed by atoms with Crippen LogP contribution in [0.5, 0.6) is 0 Å². The fraction of sp³-hybridized carbons (Fsp3) is 0.611. The van der Waals surface area contributed by atoms with Crippen molar-refractivity contribution in [2.45, 2.75) is 70.9 Å². The number of nitrogens with one attached hydrogen (secondary N) is 2. The van der Waals surface area contributed by atoms with Crippen molar-refractivity contribution in [1.82, 2.24) is 15.6 Å². The van der Waals surface area contributed by atoms with Crippen molar-refractivity contribution >= 4 is 11.8 Å². The molecule has 1 unspecified atom stereocenters. The lowest BCUT2D eigenvalue weighted by Crippen LogP contribution is -2.35. The van der Waals surface area contributed by atoms with E-state index in [1.54, 1.807) is 6.07 Å². The number of aromatic nitrogens is 1.